The van der Waals surface area contributed by atoms with Gasteiger partial charge in [-0.3, -0.25) is 9.36 Å². The van der Waals surface area contributed by atoms with E-state index in [9.17, 15) is 18.0 Å². The molecular weight excluding hydrogens is 453 g/mol. The number of amides is 1. The predicted octanol–water partition coefficient (Wildman–Crippen LogP) is 5.41. The number of rotatable bonds is 7. The van der Waals surface area contributed by atoms with Gasteiger partial charge in [0.25, 0.3) is 5.91 Å². The molecule has 0 saturated carbocycles. The van der Waals surface area contributed by atoms with Crippen LogP contribution in [0.4, 0.5) is 13.2 Å². The van der Waals surface area contributed by atoms with Crippen molar-refractivity contribution in [2.24, 2.45) is 0 Å². The van der Waals surface area contributed by atoms with E-state index in [1.165, 1.54) is 24.1 Å². The molecule has 0 aliphatic heterocycles. The molecule has 10 heteroatoms. The van der Waals surface area contributed by atoms with Crippen LogP contribution in [-0.2, 0) is 18.5 Å². The maximum absolute atomic E-state index is 13.2. The summed E-state index contributed by atoms with van der Waals surface area (Å²) in [6.07, 6.45) is -2.91. The minimum atomic E-state index is -4.45. The standard InChI is InChI=1S/C23H19F3N4O2S/c1-15-28-29-22(30(15)18-8-4-7-17(12-18)23(24,25)26)33-14-16-6-2-3-10-20(16)21(31)27-13-19-9-5-11-32-19/h2-12H,13-14H2,1H3,(H,27,31). The van der Waals surface area contributed by atoms with Crippen molar-refractivity contribution in [3.63, 3.8) is 0 Å². The minimum absolute atomic E-state index is 0.252. The SMILES string of the molecule is Cc1nnc(SCc2ccccc2C(=O)NCc2ccco2)n1-c1cccc(C(F)(F)F)c1. The molecule has 2 heterocycles. The normalized spacial score (nSPS) is 11.5. The Labute approximate surface area is 191 Å². The fraction of sp³-hybridized carbons (Fsp3) is 0.174. The smallest absolute Gasteiger partial charge is 0.416 e. The molecule has 0 aliphatic rings. The first-order valence-electron chi connectivity index (χ1n) is 9.94. The third-order valence-corrected chi connectivity index (χ3v) is 5.83. The fourth-order valence-electron chi connectivity index (χ4n) is 3.24. The molecule has 0 radical (unpaired) electrons. The van der Waals surface area contributed by atoms with E-state index in [-0.39, 0.29) is 12.5 Å². The summed E-state index contributed by atoms with van der Waals surface area (Å²) in [5, 5.41) is 11.4. The van der Waals surface area contributed by atoms with Crippen LogP contribution < -0.4 is 5.32 Å². The van der Waals surface area contributed by atoms with Gasteiger partial charge in [0.1, 0.15) is 11.6 Å². The van der Waals surface area contributed by atoms with Gasteiger partial charge in [0, 0.05) is 17.0 Å². The zero-order chi connectivity index (χ0) is 23.4. The number of nitrogens with one attached hydrogen (secondary N) is 1. The number of aromatic nitrogens is 3. The number of nitrogens with zero attached hydrogens (tertiary/aromatic N) is 3. The highest BCUT2D eigenvalue weighted by molar-refractivity contribution is 7.98. The summed E-state index contributed by atoms with van der Waals surface area (Å²) in [4.78, 5) is 12.7. The lowest BCUT2D eigenvalue weighted by Gasteiger charge is -2.13. The molecule has 0 fully saturated rings. The molecule has 0 atom stereocenters. The Kier molecular flexibility index (Phi) is 6.55. The number of alkyl halides is 3. The number of aryl methyl sites for hydroxylation is 1. The summed E-state index contributed by atoms with van der Waals surface area (Å²) < 4.78 is 46.3. The molecule has 1 N–H and O–H groups in total. The highest BCUT2D eigenvalue weighted by Gasteiger charge is 2.31. The van der Waals surface area contributed by atoms with Gasteiger partial charge in [-0.1, -0.05) is 36.0 Å². The molecule has 4 rings (SSSR count). The topological polar surface area (TPSA) is 73.0 Å². The Balaban J connectivity index is 1.53. The Morgan fingerprint density at radius 2 is 1.91 bits per heavy atom. The first-order valence-corrected chi connectivity index (χ1v) is 10.9. The highest BCUT2D eigenvalue weighted by Crippen LogP contribution is 2.32. The molecule has 0 aliphatic carbocycles. The van der Waals surface area contributed by atoms with Crippen LogP contribution in [0.25, 0.3) is 5.69 Å². The zero-order valence-electron chi connectivity index (χ0n) is 17.5. The maximum atomic E-state index is 13.2. The lowest BCUT2D eigenvalue weighted by Crippen LogP contribution is -2.23. The second-order valence-corrected chi connectivity index (χ2v) is 8.06. The molecule has 0 unspecified atom stereocenters. The van der Waals surface area contributed by atoms with E-state index >= 15 is 0 Å². The third kappa shape index (κ3) is 5.28. The van der Waals surface area contributed by atoms with Crippen LogP contribution in [0.1, 0.15) is 33.1 Å². The average Bonchev–Trinajstić information content (AvgIpc) is 3.45. The molecule has 1 amide bonds. The first kappa shape index (κ1) is 22.7. The summed E-state index contributed by atoms with van der Waals surface area (Å²) in [6.45, 7) is 1.93. The van der Waals surface area contributed by atoms with Crippen molar-refractivity contribution in [1.29, 1.82) is 0 Å². The van der Waals surface area contributed by atoms with E-state index < -0.39 is 11.7 Å². The zero-order valence-corrected chi connectivity index (χ0v) is 18.3. The van der Waals surface area contributed by atoms with Crippen molar-refractivity contribution in [3.05, 3.63) is 95.2 Å². The quantitative estimate of drug-likeness (QED) is 0.364. The number of thioether (sulfide) groups is 1. The molecule has 0 bridgehead atoms. The molecule has 0 spiro atoms. The summed E-state index contributed by atoms with van der Waals surface area (Å²) in [7, 11) is 0. The fourth-order valence-corrected chi connectivity index (χ4v) is 4.24. The number of benzene rings is 2. The van der Waals surface area contributed by atoms with Crippen molar-refractivity contribution in [3.8, 4) is 5.69 Å². The van der Waals surface area contributed by atoms with Gasteiger partial charge in [-0.05, 0) is 48.9 Å². The molecule has 2 aromatic carbocycles. The second kappa shape index (κ2) is 9.53. The van der Waals surface area contributed by atoms with E-state index in [1.54, 1.807) is 41.8 Å². The largest absolute Gasteiger partial charge is 0.467 e. The molecule has 2 aromatic heterocycles. The molecular formula is C23H19F3N4O2S. The van der Waals surface area contributed by atoms with Crippen LogP contribution >= 0.6 is 11.8 Å². The van der Waals surface area contributed by atoms with Crippen LogP contribution in [0.5, 0.6) is 0 Å². The van der Waals surface area contributed by atoms with Gasteiger partial charge in [0.2, 0.25) is 0 Å². The van der Waals surface area contributed by atoms with E-state index in [2.05, 4.69) is 15.5 Å². The van der Waals surface area contributed by atoms with E-state index in [0.717, 1.165) is 17.7 Å². The van der Waals surface area contributed by atoms with E-state index in [4.69, 9.17) is 4.42 Å². The Bertz CT molecular complexity index is 1250. The van der Waals surface area contributed by atoms with Gasteiger partial charge in [0.15, 0.2) is 5.16 Å². The lowest BCUT2D eigenvalue weighted by atomic mass is 10.1. The van der Waals surface area contributed by atoms with Gasteiger partial charge >= 0.3 is 6.18 Å². The monoisotopic (exact) mass is 472 g/mol. The number of furan rings is 1. The number of hydrogen-bond donors (Lipinski definition) is 1. The van der Waals surface area contributed by atoms with Crippen molar-refractivity contribution in [1.82, 2.24) is 20.1 Å². The summed E-state index contributed by atoms with van der Waals surface area (Å²) in [5.41, 5.74) is 0.830. The minimum Gasteiger partial charge on any atom is -0.467 e. The second-order valence-electron chi connectivity index (χ2n) is 7.12. The van der Waals surface area contributed by atoms with Crippen molar-refractivity contribution < 1.29 is 22.4 Å². The highest BCUT2D eigenvalue weighted by atomic mass is 32.2. The van der Waals surface area contributed by atoms with Gasteiger partial charge < -0.3 is 9.73 Å². The van der Waals surface area contributed by atoms with Crippen molar-refractivity contribution >= 4 is 17.7 Å². The van der Waals surface area contributed by atoms with Crippen LogP contribution in [0.2, 0.25) is 0 Å². The molecule has 33 heavy (non-hydrogen) atoms. The first-order chi connectivity index (χ1) is 15.8. The van der Waals surface area contributed by atoms with Crippen molar-refractivity contribution in [2.45, 2.75) is 30.6 Å². The van der Waals surface area contributed by atoms with Crippen LogP contribution in [-0.4, -0.2) is 20.7 Å². The number of carbonyl (C=O) groups excluding carboxylic acids is 1. The molecule has 4 aromatic rings. The van der Waals surface area contributed by atoms with E-state index in [0.29, 0.717) is 33.7 Å². The Morgan fingerprint density at radius 1 is 1.09 bits per heavy atom. The van der Waals surface area contributed by atoms with Crippen molar-refractivity contribution in [2.75, 3.05) is 0 Å². The van der Waals surface area contributed by atoms with Crippen LogP contribution in [0.15, 0.2) is 76.5 Å². The summed E-state index contributed by atoms with van der Waals surface area (Å²) >= 11 is 1.29. The van der Waals surface area contributed by atoms with Gasteiger partial charge in [0.05, 0.1) is 18.4 Å². The number of halogens is 3. The average molecular weight is 472 g/mol. The van der Waals surface area contributed by atoms with Gasteiger partial charge in [-0.2, -0.15) is 13.2 Å². The Hall–Kier alpha value is -3.53. The number of carbonyl (C=O) groups is 1. The maximum Gasteiger partial charge on any atom is 0.416 e. The van der Waals surface area contributed by atoms with Crippen LogP contribution in [0.3, 0.4) is 0 Å². The predicted molar refractivity (Wildman–Crippen MR) is 117 cm³/mol. The lowest BCUT2D eigenvalue weighted by molar-refractivity contribution is -0.137. The molecule has 6 nitrogen and oxygen atoms in total. The Morgan fingerprint density at radius 3 is 2.67 bits per heavy atom. The van der Waals surface area contributed by atoms with Gasteiger partial charge in [-0.25, -0.2) is 0 Å². The van der Waals surface area contributed by atoms with Gasteiger partial charge in [-0.15, -0.1) is 10.2 Å². The number of hydrogen-bond acceptors (Lipinski definition) is 5. The molecule has 170 valence electrons. The third-order valence-electron chi connectivity index (χ3n) is 4.85. The molecule has 0 saturated heterocycles. The van der Waals surface area contributed by atoms with Crippen LogP contribution in [0, 0.1) is 6.92 Å². The van der Waals surface area contributed by atoms with E-state index in [1.807, 2.05) is 12.1 Å². The summed E-state index contributed by atoms with van der Waals surface area (Å²) in [5.74, 6) is 1.22. The summed E-state index contributed by atoms with van der Waals surface area (Å²) in [6, 6.07) is 15.7.